The van der Waals surface area contributed by atoms with Gasteiger partial charge in [-0.1, -0.05) is 0 Å². The van der Waals surface area contributed by atoms with Gasteiger partial charge in [0.15, 0.2) is 5.82 Å². The number of aromatic nitrogens is 3. The molecule has 7 nitrogen and oxygen atoms in total. The van der Waals surface area contributed by atoms with Crippen molar-refractivity contribution in [2.24, 2.45) is 0 Å². The van der Waals surface area contributed by atoms with Crippen LogP contribution in [0.25, 0.3) is 11.5 Å². The molecule has 1 fully saturated rings. The Morgan fingerprint density at radius 2 is 2.19 bits per heavy atom. The average molecular weight is 288 g/mol. The number of carbonyl (C=O) groups excluding carboxylic acids is 1. The van der Waals surface area contributed by atoms with E-state index in [1.165, 1.54) is 13.3 Å². The van der Waals surface area contributed by atoms with E-state index in [1.807, 2.05) is 6.07 Å². The van der Waals surface area contributed by atoms with Crippen molar-refractivity contribution in [1.82, 2.24) is 15.0 Å². The zero-order valence-electron chi connectivity index (χ0n) is 11.7. The summed E-state index contributed by atoms with van der Waals surface area (Å²) in [5.74, 6) is 0.274. The number of ether oxygens (including phenoxy) is 2. The van der Waals surface area contributed by atoms with Crippen molar-refractivity contribution < 1.29 is 14.3 Å². The van der Waals surface area contributed by atoms with Gasteiger partial charge in [0.25, 0.3) is 0 Å². The lowest BCUT2D eigenvalue weighted by atomic mass is 10.1. The summed E-state index contributed by atoms with van der Waals surface area (Å²) in [5.41, 5.74) is 1.94. The number of esters is 1. The minimum atomic E-state index is -0.394. The van der Waals surface area contributed by atoms with E-state index in [-0.39, 0.29) is 0 Å². The molecule has 7 heteroatoms. The normalized spacial score (nSPS) is 15.0. The van der Waals surface area contributed by atoms with Crippen molar-refractivity contribution >= 4 is 11.7 Å². The number of methoxy groups -OCH3 is 1. The predicted octanol–water partition coefficient (Wildman–Crippen LogP) is 1.09. The Bertz CT molecular complexity index is 621. The van der Waals surface area contributed by atoms with Crippen molar-refractivity contribution in [2.45, 2.75) is 0 Å². The predicted molar refractivity (Wildman–Crippen MR) is 76.2 cm³/mol. The maximum Gasteiger partial charge on any atom is 0.341 e. The monoisotopic (exact) mass is 288 g/mol. The van der Waals surface area contributed by atoms with Crippen LogP contribution in [-0.4, -0.2) is 54.3 Å². The minimum absolute atomic E-state index is 0.394. The summed E-state index contributed by atoms with van der Waals surface area (Å²) in [6.45, 7) is 2.73. The number of imidazole rings is 1. The molecular weight excluding hydrogens is 272 g/mol. The Kier molecular flexibility index (Phi) is 3.83. The molecule has 0 unspecified atom stereocenters. The molecule has 21 heavy (non-hydrogen) atoms. The largest absolute Gasteiger partial charge is 0.465 e. The van der Waals surface area contributed by atoms with E-state index in [0.717, 1.165) is 18.8 Å². The smallest absolute Gasteiger partial charge is 0.341 e. The van der Waals surface area contributed by atoms with Crippen LogP contribution in [-0.2, 0) is 9.47 Å². The van der Waals surface area contributed by atoms with Gasteiger partial charge < -0.3 is 19.4 Å². The zero-order valence-corrected chi connectivity index (χ0v) is 11.7. The molecule has 3 rings (SSSR count). The Morgan fingerprint density at radius 3 is 2.86 bits per heavy atom. The number of nitrogens with one attached hydrogen (secondary N) is 1. The van der Waals surface area contributed by atoms with Crippen LogP contribution in [0.15, 0.2) is 24.7 Å². The summed E-state index contributed by atoms with van der Waals surface area (Å²) in [6.07, 6.45) is 4.94. The summed E-state index contributed by atoms with van der Waals surface area (Å²) < 4.78 is 10.2. The van der Waals surface area contributed by atoms with Crippen molar-refractivity contribution in [3.63, 3.8) is 0 Å². The molecule has 1 aliphatic rings. The van der Waals surface area contributed by atoms with Gasteiger partial charge in [-0.3, -0.25) is 4.98 Å². The van der Waals surface area contributed by atoms with Crippen LogP contribution < -0.4 is 4.90 Å². The van der Waals surface area contributed by atoms with Gasteiger partial charge in [0.2, 0.25) is 0 Å². The Balaban J connectivity index is 2.03. The number of carbonyl (C=O) groups is 1. The first-order chi connectivity index (χ1) is 10.3. The summed E-state index contributed by atoms with van der Waals surface area (Å²) in [5, 5.41) is 0. The van der Waals surface area contributed by atoms with Crippen molar-refractivity contribution in [3.05, 3.63) is 30.2 Å². The highest BCUT2D eigenvalue weighted by molar-refractivity contribution is 5.96. The van der Waals surface area contributed by atoms with Gasteiger partial charge in [-0.05, 0) is 6.07 Å². The van der Waals surface area contributed by atoms with E-state index in [1.54, 1.807) is 12.4 Å². The molecule has 0 spiro atoms. The molecule has 3 heterocycles. The second-order valence-corrected chi connectivity index (χ2v) is 4.62. The first kappa shape index (κ1) is 13.6. The van der Waals surface area contributed by atoms with Crippen molar-refractivity contribution in [2.75, 3.05) is 38.3 Å². The molecule has 0 bridgehead atoms. The number of anilines is 1. The van der Waals surface area contributed by atoms with Gasteiger partial charge in [0, 0.05) is 31.7 Å². The molecule has 0 aromatic carbocycles. The number of hydrogen-bond donors (Lipinski definition) is 1. The van der Waals surface area contributed by atoms with Gasteiger partial charge in [-0.2, -0.15) is 0 Å². The second kappa shape index (κ2) is 5.92. The first-order valence-corrected chi connectivity index (χ1v) is 6.70. The molecule has 0 radical (unpaired) electrons. The fourth-order valence-corrected chi connectivity index (χ4v) is 2.31. The van der Waals surface area contributed by atoms with Crippen molar-refractivity contribution in [1.29, 1.82) is 0 Å². The Hall–Kier alpha value is -2.41. The molecular formula is C14H16N4O3. The molecule has 110 valence electrons. The maximum absolute atomic E-state index is 11.9. The van der Waals surface area contributed by atoms with Crippen LogP contribution in [0.3, 0.4) is 0 Å². The number of morpholine rings is 1. The fraction of sp³-hybridized carbons (Fsp3) is 0.357. The third-order valence-corrected chi connectivity index (χ3v) is 3.38. The Morgan fingerprint density at radius 1 is 1.38 bits per heavy atom. The molecule has 0 atom stereocenters. The van der Waals surface area contributed by atoms with Crippen LogP contribution in [0.5, 0.6) is 0 Å². The van der Waals surface area contributed by atoms with Crippen LogP contribution in [0.2, 0.25) is 0 Å². The highest BCUT2D eigenvalue weighted by atomic mass is 16.5. The third kappa shape index (κ3) is 2.73. The van der Waals surface area contributed by atoms with E-state index < -0.39 is 5.97 Å². The number of nitrogens with zero attached hydrogens (tertiary/aromatic N) is 3. The number of H-pyrrole nitrogens is 1. The highest BCUT2D eigenvalue weighted by Crippen LogP contribution is 2.26. The quantitative estimate of drug-likeness (QED) is 0.852. The van der Waals surface area contributed by atoms with Gasteiger partial charge in [0.05, 0.1) is 26.0 Å². The van der Waals surface area contributed by atoms with E-state index in [9.17, 15) is 4.79 Å². The number of hydrogen-bond acceptors (Lipinski definition) is 6. The highest BCUT2D eigenvalue weighted by Gasteiger charge is 2.21. The molecule has 0 aliphatic carbocycles. The van der Waals surface area contributed by atoms with Crippen LogP contribution in [0.4, 0.5) is 5.69 Å². The summed E-state index contributed by atoms with van der Waals surface area (Å²) >= 11 is 0. The molecule has 0 amide bonds. The van der Waals surface area contributed by atoms with Gasteiger partial charge >= 0.3 is 5.97 Å². The first-order valence-electron chi connectivity index (χ1n) is 6.70. The lowest BCUT2D eigenvalue weighted by Gasteiger charge is -2.30. The van der Waals surface area contributed by atoms with Crippen molar-refractivity contribution in [3.8, 4) is 11.5 Å². The summed E-state index contributed by atoms with van der Waals surface area (Å²) in [7, 11) is 1.37. The van der Waals surface area contributed by atoms with Crippen LogP contribution >= 0.6 is 0 Å². The average Bonchev–Trinajstić information content (AvgIpc) is 3.09. The molecule has 1 aliphatic heterocycles. The minimum Gasteiger partial charge on any atom is -0.465 e. The number of rotatable bonds is 3. The van der Waals surface area contributed by atoms with Gasteiger partial charge in [0.1, 0.15) is 11.3 Å². The maximum atomic E-state index is 11.9. The third-order valence-electron chi connectivity index (χ3n) is 3.38. The number of aromatic amines is 1. The van der Waals surface area contributed by atoms with Gasteiger partial charge in [-0.25, -0.2) is 9.78 Å². The number of pyridine rings is 1. The summed E-state index contributed by atoms with van der Waals surface area (Å²) in [6, 6.07) is 1.86. The summed E-state index contributed by atoms with van der Waals surface area (Å²) in [4.78, 5) is 25.5. The molecule has 2 aromatic heterocycles. The molecule has 1 saturated heterocycles. The van der Waals surface area contributed by atoms with E-state index in [2.05, 4.69) is 19.9 Å². The molecule has 0 saturated carbocycles. The van der Waals surface area contributed by atoms with Crippen LogP contribution in [0.1, 0.15) is 10.4 Å². The SMILES string of the molecule is COC(=O)c1cnc(-c2ncc[nH]2)cc1N1CCOCC1. The molecule has 1 N–H and O–H groups in total. The standard InChI is InChI=1S/C14H16N4O3/c1-20-14(19)10-9-17-11(13-15-2-3-16-13)8-12(10)18-4-6-21-7-5-18/h2-3,8-9H,4-7H2,1H3,(H,15,16). The van der Waals surface area contributed by atoms with Crippen LogP contribution in [0, 0.1) is 0 Å². The second-order valence-electron chi connectivity index (χ2n) is 4.62. The van der Waals surface area contributed by atoms with Gasteiger partial charge in [-0.15, -0.1) is 0 Å². The molecule has 2 aromatic rings. The lowest BCUT2D eigenvalue weighted by molar-refractivity contribution is 0.0600. The van der Waals surface area contributed by atoms with E-state index in [0.29, 0.717) is 30.3 Å². The van der Waals surface area contributed by atoms with E-state index in [4.69, 9.17) is 9.47 Å². The van der Waals surface area contributed by atoms with E-state index >= 15 is 0 Å². The fourth-order valence-electron chi connectivity index (χ4n) is 2.31. The topological polar surface area (TPSA) is 80.3 Å². The lowest BCUT2D eigenvalue weighted by Crippen LogP contribution is -2.37. The zero-order chi connectivity index (χ0) is 14.7. The Labute approximate surface area is 121 Å².